The van der Waals surface area contributed by atoms with Gasteiger partial charge < -0.3 is 20.5 Å². The Labute approximate surface area is 216 Å². The van der Waals surface area contributed by atoms with E-state index in [2.05, 4.69) is 17.6 Å². The van der Waals surface area contributed by atoms with Crippen molar-refractivity contribution in [2.24, 2.45) is 5.92 Å². The van der Waals surface area contributed by atoms with Crippen molar-refractivity contribution in [1.29, 1.82) is 0 Å². The summed E-state index contributed by atoms with van der Waals surface area (Å²) in [5.74, 6) is -0.00156. The Kier molecular flexibility index (Phi) is 12.9. The second-order valence-electron chi connectivity index (χ2n) is 9.84. The molecule has 0 bridgehead atoms. The first-order valence-corrected chi connectivity index (χ1v) is 13.5. The summed E-state index contributed by atoms with van der Waals surface area (Å²) in [7, 11) is 0. The van der Waals surface area contributed by atoms with Crippen LogP contribution in [-0.4, -0.2) is 23.5 Å². The zero-order valence-corrected chi connectivity index (χ0v) is 22.5. The van der Waals surface area contributed by atoms with Crippen LogP contribution >= 0.6 is 0 Å². The molecule has 0 aliphatic heterocycles. The number of rotatable bonds is 16. The lowest BCUT2D eigenvalue weighted by atomic mass is 10.1. The quantitative estimate of drug-likeness (QED) is 0.163. The molecule has 6 nitrogen and oxygen atoms in total. The van der Waals surface area contributed by atoms with E-state index in [1.165, 1.54) is 63.9 Å². The highest BCUT2D eigenvalue weighted by Crippen LogP contribution is 2.31. The standard InChI is InChI=1S/C30H44N2O4/c1-5-6-7-8-9-10-11-12-13-14-19-36-25-17-15-24(16-18-25)30(35)32-27-20-23(4)26(21-28(27)33)31-29(34)22(2)3/h15-18,20-22,33H,5-14,19H2,1-4H3,(H,31,34)(H,32,35). The first-order valence-electron chi connectivity index (χ1n) is 13.5. The Bertz CT molecular complexity index is 954. The molecule has 3 N–H and O–H groups in total. The number of benzene rings is 2. The van der Waals surface area contributed by atoms with E-state index in [0.29, 0.717) is 23.5 Å². The SMILES string of the molecule is CCCCCCCCCCCCOc1ccc(C(=O)Nc2cc(C)c(NC(=O)C(C)C)cc2O)cc1. The summed E-state index contributed by atoms with van der Waals surface area (Å²) in [5.41, 5.74) is 2.03. The molecule has 0 unspecified atom stereocenters. The van der Waals surface area contributed by atoms with Crippen LogP contribution in [0.1, 0.15) is 101 Å². The van der Waals surface area contributed by atoms with E-state index in [9.17, 15) is 14.7 Å². The van der Waals surface area contributed by atoms with Gasteiger partial charge in [-0.3, -0.25) is 9.59 Å². The van der Waals surface area contributed by atoms with E-state index < -0.39 is 0 Å². The average Bonchev–Trinajstić information content (AvgIpc) is 2.85. The van der Waals surface area contributed by atoms with Crippen LogP contribution in [0.15, 0.2) is 36.4 Å². The predicted octanol–water partition coefficient (Wildman–Crippen LogP) is 7.85. The highest BCUT2D eigenvalue weighted by molar-refractivity contribution is 6.05. The Morgan fingerprint density at radius 2 is 1.42 bits per heavy atom. The van der Waals surface area contributed by atoms with Gasteiger partial charge in [-0.15, -0.1) is 0 Å². The van der Waals surface area contributed by atoms with Crippen LogP contribution in [0.5, 0.6) is 11.5 Å². The molecule has 2 aromatic carbocycles. The first-order chi connectivity index (χ1) is 17.3. The topological polar surface area (TPSA) is 87.7 Å². The zero-order valence-electron chi connectivity index (χ0n) is 22.5. The Hall–Kier alpha value is -3.02. The molecule has 36 heavy (non-hydrogen) atoms. The fourth-order valence-corrected chi connectivity index (χ4v) is 3.88. The Morgan fingerprint density at radius 1 is 0.833 bits per heavy atom. The summed E-state index contributed by atoms with van der Waals surface area (Å²) in [5, 5.41) is 15.9. The van der Waals surface area contributed by atoms with Crippen LogP contribution in [0.4, 0.5) is 11.4 Å². The van der Waals surface area contributed by atoms with Gasteiger partial charge in [0, 0.05) is 23.2 Å². The maximum Gasteiger partial charge on any atom is 0.255 e. The minimum atomic E-state index is -0.329. The minimum absolute atomic E-state index is 0.107. The van der Waals surface area contributed by atoms with E-state index >= 15 is 0 Å². The molecule has 0 spiro atoms. The second-order valence-corrected chi connectivity index (χ2v) is 9.84. The molecule has 0 radical (unpaired) electrons. The molecule has 0 saturated carbocycles. The lowest BCUT2D eigenvalue weighted by Crippen LogP contribution is -2.18. The van der Waals surface area contributed by atoms with Gasteiger partial charge in [0.05, 0.1) is 12.3 Å². The van der Waals surface area contributed by atoms with Crippen molar-refractivity contribution in [2.75, 3.05) is 17.2 Å². The van der Waals surface area contributed by atoms with E-state index in [-0.39, 0.29) is 23.5 Å². The summed E-state index contributed by atoms with van der Waals surface area (Å²) in [6, 6.07) is 10.1. The van der Waals surface area contributed by atoms with Crippen molar-refractivity contribution in [1.82, 2.24) is 0 Å². The van der Waals surface area contributed by atoms with Gasteiger partial charge in [0.15, 0.2) is 0 Å². The molecular weight excluding hydrogens is 452 g/mol. The number of aryl methyl sites for hydroxylation is 1. The van der Waals surface area contributed by atoms with Crippen LogP contribution in [0.3, 0.4) is 0 Å². The number of unbranched alkanes of at least 4 members (excludes halogenated alkanes) is 9. The Balaban J connectivity index is 1.74. The van der Waals surface area contributed by atoms with Gasteiger partial charge in [-0.05, 0) is 49.2 Å². The summed E-state index contributed by atoms with van der Waals surface area (Å²) in [6.07, 6.45) is 12.9. The maximum absolute atomic E-state index is 12.7. The minimum Gasteiger partial charge on any atom is -0.506 e. The molecule has 0 aliphatic carbocycles. The van der Waals surface area contributed by atoms with E-state index in [1.54, 1.807) is 44.2 Å². The third-order valence-corrected chi connectivity index (χ3v) is 6.26. The van der Waals surface area contributed by atoms with Gasteiger partial charge in [-0.25, -0.2) is 0 Å². The molecule has 198 valence electrons. The Morgan fingerprint density at radius 3 is 2.00 bits per heavy atom. The molecular formula is C30H44N2O4. The number of nitrogens with one attached hydrogen (secondary N) is 2. The van der Waals surface area contributed by atoms with Crippen molar-refractivity contribution < 1.29 is 19.4 Å². The molecule has 0 heterocycles. The number of aromatic hydroxyl groups is 1. The first kappa shape index (κ1) is 29.2. The molecule has 0 aromatic heterocycles. The van der Waals surface area contributed by atoms with Crippen LogP contribution in [0.2, 0.25) is 0 Å². The van der Waals surface area contributed by atoms with E-state index in [1.807, 2.05) is 6.92 Å². The van der Waals surface area contributed by atoms with Crippen molar-refractivity contribution >= 4 is 23.2 Å². The predicted molar refractivity (Wildman–Crippen MR) is 148 cm³/mol. The largest absolute Gasteiger partial charge is 0.506 e. The molecule has 0 atom stereocenters. The second kappa shape index (κ2) is 15.9. The fourth-order valence-electron chi connectivity index (χ4n) is 3.88. The normalized spacial score (nSPS) is 10.9. The van der Waals surface area contributed by atoms with Gasteiger partial charge in [0.25, 0.3) is 5.91 Å². The average molecular weight is 497 g/mol. The molecule has 2 rings (SSSR count). The fraction of sp³-hybridized carbons (Fsp3) is 0.533. The van der Waals surface area contributed by atoms with Gasteiger partial charge in [-0.2, -0.15) is 0 Å². The molecule has 0 aliphatic rings. The summed E-state index contributed by atoms with van der Waals surface area (Å²) in [6.45, 7) is 8.34. The van der Waals surface area contributed by atoms with Crippen LogP contribution < -0.4 is 15.4 Å². The molecule has 2 amide bonds. The molecule has 2 aromatic rings. The van der Waals surface area contributed by atoms with Crippen molar-refractivity contribution in [3.05, 3.63) is 47.5 Å². The zero-order chi connectivity index (χ0) is 26.3. The lowest BCUT2D eigenvalue weighted by Gasteiger charge is -2.14. The highest BCUT2D eigenvalue weighted by atomic mass is 16.5. The number of carbonyl (C=O) groups is 2. The summed E-state index contributed by atoms with van der Waals surface area (Å²) < 4.78 is 5.82. The number of amides is 2. The van der Waals surface area contributed by atoms with Gasteiger partial charge in [0.1, 0.15) is 11.5 Å². The van der Waals surface area contributed by atoms with Gasteiger partial charge in [-0.1, -0.05) is 78.6 Å². The van der Waals surface area contributed by atoms with Crippen molar-refractivity contribution in [2.45, 2.75) is 91.9 Å². The van der Waals surface area contributed by atoms with Crippen molar-refractivity contribution in [3.8, 4) is 11.5 Å². The van der Waals surface area contributed by atoms with Gasteiger partial charge in [0.2, 0.25) is 5.91 Å². The molecule has 0 fully saturated rings. The third kappa shape index (κ3) is 10.3. The highest BCUT2D eigenvalue weighted by Gasteiger charge is 2.14. The summed E-state index contributed by atoms with van der Waals surface area (Å²) in [4.78, 5) is 24.6. The van der Waals surface area contributed by atoms with E-state index in [0.717, 1.165) is 17.7 Å². The third-order valence-electron chi connectivity index (χ3n) is 6.26. The van der Waals surface area contributed by atoms with Crippen LogP contribution in [0.25, 0.3) is 0 Å². The number of ether oxygens (including phenoxy) is 1. The van der Waals surface area contributed by atoms with Crippen molar-refractivity contribution in [3.63, 3.8) is 0 Å². The maximum atomic E-state index is 12.7. The van der Waals surface area contributed by atoms with Gasteiger partial charge >= 0.3 is 0 Å². The number of phenolic OH excluding ortho intramolecular Hbond substituents is 1. The smallest absolute Gasteiger partial charge is 0.255 e. The van der Waals surface area contributed by atoms with E-state index in [4.69, 9.17) is 4.74 Å². The molecule has 6 heteroatoms. The lowest BCUT2D eigenvalue weighted by molar-refractivity contribution is -0.118. The molecule has 0 saturated heterocycles. The van der Waals surface area contributed by atoms with Crippen LogP contribution in [0, 0.1) is 12.8 Å². The summed E-state index contributed by atoms with van der Waals surface area (Å²) >= 11 is 0. The number of hydrogen-bond donors (Lipinski definition) is 3. The number of anilines is 2. The number of hydrogen-bond acceptors (Lipinski definition) is 4. The monoisotopic (exact) mass is 496 g/mol. The number of carbonyl (C=O) groups excluding carboxylic acids is 2. The van der Waals surface area contributed by atoms with Crippen LogP contribution in [-0.2, 0) is 4.79 Å². The number of phenols is 1.